The Bertz CT molecular complexity index is 227. The van der Waals surface area contributed by atoms with Crippen LogP contribution in [0.1, 0.15) is 26.5 Å². The van der Waals surface area contributed by atoms with E-state index in [1.54, 1.807) is 0 Å². The van der Waals surface area contributed by atoms with Gasteiger partial charge in [-0.05, 0) is 21.6 Å². The molecule has 59 valence electrons. The van der Waals surface area contributed by atoms with Gasteiger partial charge < -0.3 is 10.7 Å². The van der Waals surface area contributed by atoms with E-state index in [-0.39, 0.29) is 49.5 Å². The number of rotatable bonds is 0. The SMILES string of the molecule is CC(C)(C)c1csc([NH-])n1.[Ac]. The molecule has 1 aromatic rings. The number of hydrogen-bond acceptors (Lipinski definition) is 2. The summed E-state index contributed by atoms with van der Waals surface area (Å²) in [5, 5.41) is 2.35. The molecule has 1 heterocycles. The Kier molecular flexibility index (Phi) is 4.54. The maximum atomic E-state index is 7.20. The van der Waals surface area contributed by atoms with E-state index in [4.69, 9.17) is 5.73 Å². The predicted molar refractivity (Wildman–Crippen MR) is 44.8 cm³/mol. The third kappa shape index (κ3) is 3.40. The van der Waals surface area contributed by atoms with Crippen molar-refractivity contribution in [1.29, 1.82) is 0 Å². The molecule has 2 nitrogen and oxygen atoms in total. The molecule has 0 unspecified atom stereocenters. The van der Waals surface area contributed by atoms with Gasteiger partial charge in [-0.25, -0.2) is 0 Å². The van der Waals surface area contributed by atoms with Crippen molar-refractivity contribution in [2.45, 2.75) is 26.2 Å². The van der Waals surface area contributed by atoms with Gasteiger partial charge in [0, 0.05) is 44.1 Å². The first-order chi connectivity index (χ1) is 4.50. The first-order valence-corrected chi connectivity index (χ1v) is 4.06. The van der Waals surface area contributed by atoms with Crippen LogP contribution in [0.3, 0.4) is 0 Å². The molecule has 0 spiro atoms. The Balaban J connectivity index is 0.000001000. The van der Waals surface area contributed by atoms with Crippen molar-refractivity contribution in [2.75, 3.05) is 0 Å². The van der Waals surface area contributed by atoms with Crippen molar-refractivity contribution in [1.82, 2.24) is 4.98 Å². The molecule has 0 aliphatic heterocycles. The van der Waals surface area contributed by atoms with Crippen molar-refractivity contribution in [2.24, 2.45) is 0 Å². The van der Waals surface area contributed by atoms with Gasteiger partial charge >= 0.3 is 0 Å². The second-order valence-corrected chi connectivity index (χ2v) is 4.15. The Morgan fingerprint density at radius 2 is 2.00 bits per heavy atom. The molecule has 0 atom stereocenters. The summed E-state index contributed by atoms with van der Waals surface area (Å²) < 4.78 is 0. The average molecular weight is 382 g/mol. The van der Waals surface area contributed by atoms with E-state index in [1.165, 1.54) is 11.3 Å². The molecule has 0 bridgehead atoms. The third-order valence-corrected chi connectivity index (χ3v) is 1.93. The monoisotopic (exact) mass is 382 g/mol. The maximum absolute atomic E-state index is 7.20. The van der Waals surface area contributed by atoms with Crippen LogP contribution in [0.25, 0.3) is 5.73 Å². The zero-order valence-corrected chi connectivity index (χ0v) is 12.6. The maximum Gasteiger partial charge on any atom is 0 e. The van der Waals surface area contributed by atoms with Crippen LogP contribution in [0.4, 0.5) is 5.13 Å². The molecule has 1 aromatic heterocycles. The average Bonchev–Trinajstić information content (AvgIpc) is 2.11. The summed E-state index contributed by atoms with van der Waals surface area (Å²) in [6, 6.07) is 0. The fourth-order valence-electron chi connectivity index (χ4n) is 0.618. The topological polar surface area (TPSA) is 36.7 Å². The van der Waals surface area contributed by atoms with Crippen molar-refractivity contribution in [3.8, 4) is 0 Å². The van der Waals surface area contributed by atoms with E-state index in [0.717, 1.165) is 5.69 Å². The first-order valence-electron chi connectivity index (χ1n) is 3.18. The summed E-state index contributed by atoms with van der Waals surface area (Å²) in [7, 11) is 0. The largest absolute Gasteiger partial charge is 0.473 e. The van der Waals surface area contributed by atoms with Gasteiger partial charge in [0.25, 0.3) is 0 Å². The fraction of sp³-hybridized carbons (Fsp3) is 0.571. The molecule has 11 heavy (non-hydrogen) atoms. The zero-order valence-electron chi connectivity index (χ0n) is 7.01. The fourth-order valence-corrected chi connectivity index (χ4v) is 1.40. The van der Waals surface area contributed by atoms with E-state index < -0.39 is 0 Å². The molecule has 0 aromatic carbocycles. The molecule has 1 N–H and O–H groups in total. The van der Waals surface area contributed by atoms with Gasteiger partial charge in [0.2, 0.25) is 0 Å². The van der Waals surface area contributed by atoms with Crippen LogP contribution in [0.2, 0.25) is 0 Å². The molecule has 1 rings (SSSR count). The standard InChI is InChI=1S/C7H11N2S.Ac/c1-7(2,3)5-4-10-6(8)9-5;/h4H,1-3H3,(H-,8,9);/q-1;. The summed E-state index contributed by atoms with van der Waals surface area (Å²) in [6.07, 6.45) is 0. The van der Waals surface area contributed by atoms with Crippen LogP contribution < -0.4 is 0 Å². The van der Waals surface area contributed by atoms with Crippen molar-refractivity contribution in [3.05, 3.63) is 16.8 Å². The molecule has 0 saturated heterocycles. The summed E-state index contributed by atoms with van der Waals surface area (Å²) in [4.78, 5) is 4.07. The van der Waals surface area contributed by atoms with Gasteiger partial charge in [-0.15, -0.1) is 0 Å². The first kappa shape index (κ1) is 11.9. The Morgan fingerprint density at radius 1 is 1.45 bits per heavy atom. The molecular weight excluding hydrogens is 371 g/mol. The number of aromatic nitrogens is 1. The van der Waals surface area contributed by atoms with Gasteiger partial charge in [-0.2, -0.15) is 11.3 Å². The molecular formula is C7H11AcN2S-. The molecule has 1 radical (unpaired) electrons. The van der Waals surface area contributed by atoms with Crippen LogP contribution in [-0.2, 0) is 5.41 Å². The van der Waals surface area contributed by atoms with Crippen LogP contribution in [-0.4, -0.2) is 4.98 Å². The minimum Gasteiger partial charge on any atom is -0.473 e. The minimum absolute atomic E-state index is 0. The van der Waals surface area contributed by atoms with E-state index in [2.05, 4.69) is 25.8 Å². The summed E-state index contributed by atoms with van der Waals surface area (Å²) in [5.74, 6) is 0. The molecule has 0 saturated carbocycles. The van der Waals surface area contributed by atoms with E-state index in [9.17, 15) is 0 Å². The third-order valence-electron chi connectivity index (χ3n) is 1.27. The van der Waals surface area contributed by atoms with Gasteiger partial charge in [-0.1, -0.05) is 20.8 Å². The smallest absolute Gasteiger partial charge is 0 e. The van der Waals surface area contributed by atoms with Gasteiger partial charge in [0.15, 0.2) is 0 Å². The van der Waals surface area contributed by atoms with Crippen LogP contribution >= 0.6 is 11.3 Å². The number of nitrogens with one attached hydrogen (secondary N) is 1. The van der Waals surface area contributed by atoms with E-state index in [1.807, 2.05) is 5.38 Å². The Hall–Kier alpha value is 0.872. The number of nitrogens with zero attached hydrogens (tertiary/aromatic N) is 1. The van der Waals surface area contributed by atoms with Crippen molar-refractivity contribution >= 4 is 16.5 Å². The summed E-state index contributed by atoms with van der Waals surface area (Å²) >= 11 is 1.39. The van der Waals surface area contributed by atoms with E-state index in [0.29, 0.717) is 5.13 Å². The molecule has 0 amide bonds. The van der Waals surface area contributed by atoms with Crippen LogP contribution in [0.5, 0.6) is 0 Å². The van der Waals surface area contributed by atoms with Gasteiger partial charge in [0.1, 0.15) is 0 Å². The van der Waals surface area contributed by atoms with Gasteiger partial charge in [-0.3, -0.25) is 0 Å². The molecule has 0 aliphatic carbocycles. The Labute approximate surface area is 107 Å². The Morgan fingerprint density at radius 3 is 2.18 bits per heavy atom. The van der Waals surface area contributed by atoms with Crippen LogP contribution in [0, 0.1) is 44.1 Å². The predicted octanol–water partition coefficient (Wildman–Crippen LogP) is 3.12. The normalized spacial score (nSPS) is 10.8. The minimum atomic E-state index is 0. The van der Waals surface area contributed by atoms with Crippen molar-refractivity contribution in [3.63, 3.8) is 0 Å². The summed E-state index contributed by atoms with van der Waals surface area (Å²) in [6.45, 7) is 6.30. The molecule has 4 heteroatoms. The second kappa shape index (κ2) is 4.21. The summed E-state index contributed by atoms with van der Waals surface area (Å²) in [5.41, 5.74) is 8.31. The van der Waals surface area contributed by atoms with Gasteiger partial charge in [0.05, 0.1) is 0 Å². The van der Waals surface area contributed by atoms with Crippen LogP contribution in [0.15, 0.2) is 5.38 Å². The quantitative estimate of drug-likeness (QED) is 0.679. The second-order valence-electron chi connectivity index (χ2n) is 3.29. The molecule has 0 aliphatic rings. The van der Waals surface area contributed by atoms with E-state index >= 15 is 0 Å². The molecule has 0 fully saturated rings. The van der Waals surface area contributed by atoms with Crippen molar-refractivity contribution < 1.29 is 44.1 Å². The number of hydrogen-bond donors (Lipinski definition) is 0. The number of thiazole rings is 1. The zero-order chi connectivity index (χ0) is 7.78.